The van der Waals surface area contributed by atoms with Crippen molar-refractivity contribution in [3.63, 3.8) is 0 Å². The van der Waals surface area contributed by atoms with Crippen LogP contribution in [-0.2, 0) is 14.1 Å². The minimum atomic E-state index is -2.52. The van der Waals surface area contributed by atoms with Crippen molar-refractivity contribution in [2.45, 2.75) is 19.0 Å². The van der Waals surface area contributed by atoms with Crippen LogP contribution in [0.15, 0.2) is 42.5 Å². The molecule has 1 aliphatic heterocycles. The molecular formula is C14H17O3P. The van der Waals surface area contributed by atoms with E-state index in [1.807, 2.05) is 42.5 Å². The fraction of sp³-hybridized carbons (Fsp3) is 0.357. The molecule has 2 atom stereocenters. The van der Waals surface area contributed by atoms with Gasteiger partial charge in [-0.3, -0.25) is 4.79 Å². The Morgan fingerprint density at radius 1 is 1.39 bits per heavy atom. The molecule has 0 amide bonds. The first-order valence-electron chi connectivity index (χ1n) is 6.13. The van der Waals surface area contributed by atoms with Crippen LogP contribution in [-0.4, -0.2) is 24.4 Å². The molecule has 96 valence electrons. The van der Waals surface area contributed by atoms with Crippen LogP contribution in [0.1, 0.15) is 13.3 Å². The normalized spacial score (nSPS) is 26.2. The maximum atomic E-state index is 13.0. The van der Waals surface area contributed by atoms with Gasteiger partial charge >= 0.3 is 5.97 Å². The van der Waals surface area contributed by atoms with Crippen LogP contribution >= 0.6 is 7.14 Å². The van der Waals surface area contributed by atoms with E-state index in [1.165, 1.54) is 0 Å². The maximum Gasteiger partial charge on any atom is 0.306 e. The van der Waals surface area contributed by atoms with Crippen molar-refractivity contribution >= 4 is 18.4 Å². The van der Waals surface area contributed by atoms with E-state index in [9.17, 15) is 9.36 Å². The number of hydrogen-bond donors (Lipinski definition) is 0. The van der Waals surface area contributed by atoms with E-state index in [-0.39, 0.29) is 18.0 Å². The van der Waals surface area contributed by atoms with Gasteiger partial charge in [-0.25, -0.2) is 0 Å². The Hall–Kier alpha value is -1.34. The zero-order valence-corrected chi connectivity index (χ0v) is 11.3. The van der Waals surface area contributed by atoms with Crippen molar-refractivity contribution in [2.75, 3.05) is 12.8 Å². The molecule has 1 heterocycles. The number of hydrogen-bond acceptors (Lipinski definition) is 3. The van der Waals surface area contributed by atoms with Crippen LogP contribution < -0.4 is 5.30 Å². The largest absolute Gasteiger partial charge is 0.466 e. The summed E-state index contributed by atoms with van der Waals surface area (Å²) in [5, 5.41) is 0.851. The van der Waals surface area contributed by atoms with E-state index in [4.69, 9.17) is 4.74 Å². The molecule has 1 aliphatic rings. The summed E-state index contributed by atoms with van der Waals surface area (Å²) in [6, 6.07) is 9.43. The van der Waals surface area contributed by atoms with Gasteiger partial charge in [0.1, 0.15) is 7.14 Å². The third-order valence-corrected chi connectivity index (χ3v) is 6.50. The van der Waals surface area contributed by atoms with Gasteiger partial charge in [-0.2, -0.15) is 0 Å². The summed E-state index contributed by atoms with van der Waals surface area (Å²) in [7, 11) is -2.52. The molecule has 0 spiro atoms. The highest BCUT2D eigenvalue weighted by Gasteiger charge is 2.37. The lowest BCUT2D eigenvalue weighted by molar-refractivity contribution is -0.142. The lowest BCUT2D eigenvalue weighted by Crippen LogP contribution is -2.19. The van der Waals surface area contributed by atoms with Crippen LogP contribution in [0.4, 0.5) is 0 Å². The topological polar surface area (TPSA) is 43.4 Å². The predicted molar refractivity (Wildman–Crippen MR) is 72.7 cm³/mol. The highest BCUT2D eigenvalue weighted by Crippen LogP contribution is 2.54. The minimum Gasteiger partial charge on any atom is -0.466 e. The van der Waals surface area contributed by atoms with E-state index in [1.54, 1.807) is 6.92 Å². The van der Waals surface area contributed by atoms with Gasteiger partial charge in [-0.1, -0.05) is 42.5 Å². The number of carbonyl (C=O) groups is 1. The standard InChI is InChI=1S/C14H17O3P/c1-2-17-14(15)11-13-9-6-10-18(13,16)12-7-4-3-5-8-12/h3-9,13H,2,10-11H2,1H3. The molecule has 2 rings (SSSR count). The number of allylic oxidation sites excluding steroid dienone is 2. The quantitative estimate of drug-likeness (QED) is 0.477. The van der Waals surface area contributed by atoms with E-state index < -0.39 is 7.14 Å². The number of esters is 1. The van der Waals surface area contributed by atoms with Crippen LogP contribution in [0.25, 0.3) is 0 Å². The first-order valence-corrected chi connectivity index (χ1v) is 8.09. The van der Waals surface area contributed by atoms with Crippen molar-refractivity contribution in [1.29, 1.82) is 0 Å². The molecule has 0 fully saturated rings. The van der Waals surface area contributed by atoms with Crippen LogP contribution in [0.5, 0.6) is 0 Å². The molecule has 0 aliphatic carbocycles. The fourth-order valence-corrected chi connectivity index (χ4v) is 5.05. The molecule has 4 heteroatoms. The third-order valence-electron chi connectivity index (χ3n) is 3.14. The highest BCUT2D eigenvalue weighted by atomic mass is 31.2. The predicted octanol–water partition coefficient (Wildman–Crippen LogP) is 2.57. The van der Waals surface area contributed by atoms with Gasteiger partial charge in [0.15, 0.2) is 0 Å². The van der Waals surface area contributed by atoms with Crippen LogP contribution in [0.2, 0.25) is 0 Å². The van der Waals surface area contributed by atoms with Crippen molar-refractivity contribution in [1.82, 2.24) is 0 Å². The van der Waals surface area contributed by atoms with Crippen molar-refractivity contribution in [2.24, 2.45) is 0 Å². The van der Waals surface area contributed by atoms with E-state index >= 15 is 0 Å². The Morgan fingerprint density at radius 3 is 2.78 bits per heavy atom. The van der Waals surface area contributed by atoms with Gasteiger partial charge in [0.05, 0.1) is 13.0 Å². The molecule has 0 saturated heterocycles. The molecule has 0 radical (unpaired) electrons. The fourth-order valence-electron chi connectivity index (χ4n) is 2.23. The summed E-state index contributed by atoms with van der Waals surface area (Å²) in [5.74, 6) is -0.273. The summed E-state index contributed by atoms with van der Waals surface area (Å²) in [5.41, 5.74) is -0.209. The average molecular weight is 264 g/mol. The third kappa shape index (κ3) is 2.56. The Balaban J connectivity index is 2.18. The number of ether oxygens (including phenoxy) is 1. The molecular weight excluding hydrogens is 247 g/mol. The van der Waals surface area contributed by atoms with Crippen LogP contribution in [0, 0.1) is 0 Å². The number of carbonyl (C=O) groups excluding carboxylic acids is 1. The summed E-state index contributed by atoms with van der Waals surface area (Å²) >= 11 is 0. The maximum absolute atomic E-state index is 13.0. The molecule has 18 heavy (non-hydrogen) atoms. The second-order valence-electron chi connectivity index (χ2n) is 4.32. The number of rotatable bonds is 4. The molecule has 0 N–H and O–H groups in total. The van der Waals surface area contributed by atoms with Gasteiger partial charge in [0, 0.05) is 17.1 Å². The second kappa shape index (κ2) is 5.53. The van der Waals surface area contributed by atoms with E-state index in [0.717, 1.165) is 5.30 Å². The van der Waals surface area contributed by atoms with Crippen molar-refractivity contribution in [3.05, 3.63) is 42.5 Å². The minimum absolute atomic E-state index is 0.205. The van der Waals surface area contributed by atoms with Gasteiger partial charge in [0.2, 0.25) is 0 Å². The highest BCUT2D eigenvalue weighted by molar-refractivity contribution is 7.73. The molecule has 1 aromatic carbocycles. The van der Waals surface area contributed by atoms with E-state index in [2.05, 4.69) is 0 Å². The Bertz CT molecular complexity index is 493. The van der Waals surface area contributed by atoms with E-state index in [0.29, 0.717) is 12.8 Å². The Morgan fingerprint density at radius 2 is 2.11 bits per heavy atom. The second-order valence-corrected chi connectivity index (χ2v) is 7.45. The van der Waals surface area contributed by atoms with Crippen molar-refractivity contribution in [3.8, 4) is 0 Å². The van der Waals surface area contributed by atoms with Gasteiger partial charge in [-0.15, -0.1) is 0 Å². The molecule has 1 aromatic rings. The van der Waals surface area contributed by atoms with Gasteiger partial charge in [0.25, 0.3) is 0 Å². The smallest absolute Gasteiger partial charge is 0.306 e. The molecule has 2 unspecified atom stereocenters. The zero-order chi connectivity index (χ0) is 13.0. The SMILES string of the molecule is CCOC(=O)CC1C=CCP1(=O)c1ccccc1. The van der Waals surface area contributed by atoms with Crippen LogP contribution in [0.3, 0.4) is 0 Å². The molecule has 0 aromatic heterocycles. The summed E-state index contributed by atoms with van der Waals surface area (Å²) in [6.45, 7) is 2.14. The Kier molecular flexibility index (Phi) is 4.03. The summed E-state index contributed by atoms with van der Waals surface area (Å²) < 4.78 is 18.0. The van der Waals surface area contributed by atoms with Crippen molar-refractivity contribution < 1.29 is 14.1 Å². The average Bonchev–Trinajstić information content (AvgIpc) is 2.74. The summed E-state index contributed by atoms with van der Waals surface area (Å²) in [6.07, 6.45) is 4.56. The first-order chi connectivity index (χ1) is 8.66. The monoisotopic (exact) mass is 264 g/mol. The first kappa shape index (κ1) is 13.1. The zero-order valence-electron chi connectivity index (χ0n) is 10.4. The Labute approximate surface area is 107 Å². The van der Waals surface area contributed by atoms with Gasteiger partial charge in [-0.05, 0) is 6.92 Å². The number of benzene rings is 1. The lowest BCUT2D eigenvalue weighted by Gasteiger charge is -2.20. The van der Waals surface area contributed by atoms with Gasteiger partial charge < -0.3 is 9.30 Å². The summed E-state index contributed by atoms with van der Waals surface area (Å²) in [4.78, 5) is 11.5. The molecule has 0 bridgehead atoms. The lowest BCUT2D eigenvalue weighted by atomic mass is 10.3. The molecule has 3 nitrogen and oxygen atoms in total. The molecule has 0 saturated carbocycles.